The highest BCUT2D eigenvalue weighted by molar-refractivity contribution is 6.30. The number of nitrogens with one attached hydrogen (secondary N) is 1. The summed E-state index contributed by atoms with van der Waals surface area (Å²) in [4.78, 5) is 8.16. The first-order valence-corrected chi connectivity index (χ1v) is 5.90. The Hall–Kier alpha value is -1.32. The number of hydrogen-bond donors (Lipinski definition) is 1. The first-order valence-electron chi connectivity index (χ1n) is 5.14. The summed E-state index contributed by atoms with van der Waals surface area (Å²) in [5.74, 6) is 0.543. The van der Waals surface area contributed by atoms with E-state index in [1.807, 2.05) is 31.2 Å². The second kappa shape index (κ2) is 5.34. The van der Waals surface area contributed by atoms with Crippen molar-refractivity contribution in [1.82, 2.24) is 9.97 Å². The van der Waals surface area contributed by atoms with E-state index in [0.717, 1.165) is 5.56 Å². The summed E-state index contributed by atoms with van der Waals surface area (Å²) in [5.41, 5.74) is 1.08. The third kappa shape index (κ3) is 3.32. The lowest BCUT2D eigenvalue weighted by molar-refractivity contribution is 0.860. The number of halogens is 2. The number of aromatic nitrogens is 2. The van der Waals surface area contributed by atoms with Gasteiger partial charge in [0.15, 0.2) is 0 Å². The maximum Gasteiger partial charge on any atom is 0.223 e. The van der Waals surface area contributed by atoms with E-state index >= 15 is 0 Å². The minimum absolute atomic E-state index is 0.0786. The molecule has 0 fully saturated rings. The third-order valence-corrected chi connectivity index (χ3v) is 2.74. The number of benzene rings is 1. The highest BCUT2D eigenvalue weighted by atomic mass is 35.5. The quantitative estimate of drug-likeness (QED) is 0.915. The number of anilines is 1. The van der Waals surface area contributed by atoms with Gasteiger partial charge in [-0.05, 0) is 24.6 Å². The van der Waals surface area contributed by atoms with E-state index < -0.39 is 0 Å². The molecule has 17 heavy (non-hydrogen) atoms. The van der Waals surface area contributed by atoms with Gasteiger partial charge in [0.1, 0.15) is 0 Å². The van der Waals surface area contributed by atoms with Crippen LogP contribution in [0.25, 0.3) is 0 Å². The van der Waals surface area contributed by atoms with E-state index in [1.54, 1.807) is 12.4 Å². The fourth-order valence-electron chi connectivity index (χ4n) is 1.44. The molecule has 1 unspecified atom stereocenters. The molecule has 88 valence electrons. The van der Waals surface area contributed by atoms with Crippen LogP contribution >= 0.6 is 23.2 Å². The Balaban J connectivity index is 2.11. The molecule has 1 aromatic heterocycles. The maximum atomic E-state index is 5.94. The minimum atomic E-state index is 0.0786. The molecule has 1 aromatic carbocycles. The van der Waals surface area contributed by atoms with Crippen LogP contribution in [0.2, 0.25) is 10.0 Å². The topological polar surface area (TPSA) is 37.8 Å². The van der Waals surface area contributed by atoms with Crippen LogP contribution in [0.15, 0.2) is 36.7 Å². The highest BCUT2D eigenvalue weighted by Gasteiger charge is 2.06. The Kier molecular flexibility index (Phi) is 3.82. The molecule has 2 aromatic rings. The predicted molar refractivity (Wildman–Crippen MR) is 70.5 cm³/mol. The van der Waals surface area contributed by atoms with Gasteiger partial charge in [-0.25, -0.2) is 9.97 Å². The molecule has 1 heterocycles. The molecular weight excluding hydrogens is 257 g/mol. The molecule has 1 atom stereocenters. The monoisotopic (exact) mass is 267 g/mol. The summed E-state index contributed by atoms with van der Waals surface area (Å²) in [6.07, 6.45) is 3.11. The lowest BCUT2D eigenvalue weighted by Gasteiger charge is -2.14. The van der Waals surface area contributed by atoms with Crippen molar-refractivity contribution >= 4 is 29.2 Å². The van der Waals surface area contributed by atoms with Crippen LogP contribution in [0.1, 0.15) is 18.5 Å². The van der Waals surface area contributed by atoms with Crippen molar-refractivity contribution in [3.63, 3.8) is 0 Å². The molecule has 0 amide bonds. The van der Waals surface area contributed by atoms with Crippen molar-refractivity contribution in [2.24, 2.45) is 0 Å². The molecule has 2 rings (SSSR count). The standard InChI is InChI=1S/C12H11Cl2N3/c1-8(9-3-2-4-10(13)5-9)17-12-15-6-11(14)7-16-12/h2-8H,1H3,(H,15,16,17). The molecule has 0 bridgehead atoms. The fourth-order valence-corrected chi connectivity index (χ4v) is 1.74. The van der Waals surface area contributed by atoms with Crippen molar-refractivity contribution in [3.05, 3.63) is 52.3 Å². The predicted octanol–water partition coefficient (Wildman–Crippen LogP) is 3.96. The van der Waals surface area contributed by atoms with Crippen molar-refractivity contribution in [2.45, 2.75) is 13.0 Å². The van der Waals surface area contributed by atoms with Gasteiger partial charge in [-0.2, -0.15) is 0 Å². The van der Waals surface area contributed by atoms with E-state index in [9.17, 15) is 0 Å². The Morgan fingerprint density at radius 1 is 1.12 bits per heavy atom. The van der Waals surface area contributed by atoms with Crippen LogP contribution in [-0.4, -0.2) is 9.97 Å². The lowest BCUT2D eigenvalue weighted by Crippen LogP contribution is -2.09. The number of nitrogens with zero attached hydrogens (tertiary/aromatic N) is 2. The van der Waals surface area contributed by atoms with E-state index in [2.05, 4.69) is 15.3 Å². The molecule has 0 aliphatic carbocycles. The summed E-state index contributed by atoms with van der Waals surface area (Å²) in [6.45, 7) is 2.02. The third-order valence-electron chi connectivity index (χ3n) is 2.31. The fraction of sp³-hybridized carbons (Fsp3) is 0.167. The Morgan fingerprint density at radius 3 is 2.47 bits per heavy atom. The molecule has 0 aliphatic rings. The van der Waals surface area contributed by atoms with E-state index in [4.69, 9.17) is 23.2 Å². The van der Waals surface area contributed by atoms with Gasteiger partial charge in [-0.3, -0.25) is 0 Å². The van der Waals surface area contributed by atoms with Gasteiger partial charge in [0.25, 0.3) is 0 Å². The van der Waals surface area contributed by atoms with E-state index in [-0.39, 0.29) is 6.04 Å². The van der Waals surface area contributed by atoms with Gasteiger partial charge in [-0.15, -0.1) is 0 Å². The summed E-state index contributed by atoms with van der Waals surface area (Å²) >= 11 is 11.7. The van der Waals surface area contributed by atoms with E-state index in [1.165, 1.54) is 0 Å². The first kappa shape index (κ1) is 12.1. The molecule has 0 saturated carbocycles. The van der Waals surface area contributed by atoms with Crippen LogP contribution < -0.4 is 5.32 Å². The zero-order chi connectivity index (χ0) is 12.3. The average Bonchev–Trinajstić information content (AvgIpc) is 2.32. The van der Waals surface area contributed by atoms with Crippen molar-refractivity contribution in [2.75, 3.05) is 5.32 Å². The van der Waals surface area contributed by atoms with Crippen molar-refractivity contribution in [1.29, 1.82) is 0 Å². The lowest BCUT2D eigenvalue weighted by atomic mass is 10.1. The Morgan fingerprint density at radius 2 is 1.82 bits per heavy atom. The maximum absolute atomic E-state index is 5.94. The van der Waals surface area contributed by atoms with E-state index in [0.29, 0.717) is 16.0 Å². The summed E-state index contributed by atoms with van der Waals surface area (Å²) in [6, 6.07) is 7.75. The zero-order valence-corrected chi connectivity index (χ0v) is 10.7. The highest BCUT2D eigenvalue weighted by Crippen LogP contribution is 2.20. The van der Waals surface area contributed by atoms with Crippen LogP contribution in [0.4, 0.5) is 5.95 Å². The summed E-state index contributed by atoms with van der Waals surface area (Å²) in [7, 11) is 0. The second-order valence-electron chi connectivity index (χ2n) is 3.65. The molecule has 0 saturated heterocycles. The van der Waals surface area contributed by atoms with Gasteiger partial charge in [0, 0.05) is 5.02 Å². The minimum Gasteiger partial charge on any atom is -0.348 e. The van der Waals surface area contributed by atoms with Gasteiger partial charge < -0.3 is 5.32 Å². The Labute approximate surface area is 110 Å². The van der Waals surface area contributed by atoms with Crippen molar-refractivity contribution in [3.8, 4) is 0 Å². The summed E-state index contributed by atoms with van der Waals surface area (Å²) in [5, 5.41) is 4.41. The summed E-state index contributed by atoms with van der Waals surface area (Å²) < 4.78 is 0. The van der Waals surface area contributed by atoms with Crippen LogP contribution in [-0.2, 0) is 0 Å². The molecule has 0 aliphatic heterocycles. The zero-order valence-electron chi connectivity index (χ0n) is 9.19. The molecule has 0 spiro atoms. The Bertz CT molecular complexity index is 499. The molecule has 5 heteroatoms. The number of hydrogen-bond acceptors (Lipinski definition) is 3. The molecule has 3 nitrogen and oxygen atoms in total. The van der Waals surface area contributed by atoms with Gasteiger partial charge in [0.2, 0.25) is 5.95 Å². The van der Waals surface area contributed by atoms with Crippen molar-refractivity contribution < 1.29 is 0 Å². The van der Waals surface area contributed by atoms with Gasteiger partial charge in [0.05, 0.1) is 23.5 Å². The smallest absolute Gasteiger partial charge is 0.223 e. The molecule has 0 radical (unpaired) electrons. The van der Waals surface area contributed by atoms with Gasteiger partial charge >= 0.3 is 0 Å². The van der Waals surface area contributed by atoms with Crippen LogP contribution in [0.5, 0.6) is 0 Å². The largest absolute Gasteiger partial charge is 0.348 e. The normalized spacial score (nSPS) is 12.2. The van der Waals surface area contributed by atoms with Crippen LogP contribution in [0.3, 0.4) is 0 Å². The average molecular weight is 268 g/mol. The first-order chi connectivity index (χ1) is 8.15. The molecule has 1 N–H and O–H groups in total. The number of rotatable bonds is 3. The van der Waals surface area contributed by atoms with Crippen LogP contribution in [0, 0.1) is 0 Å². The molecular formula is C12H11Cl2N3. The second-order valence-corrected chi connectivity index (χ2v) is 4.52. The van der Waals surface area contributed by atoms with Gasteiger partial charge in [-0.1, -0.05) is 35.3 Å². The SMILES string of the molecule is CC(Nc1ncc(Cl)cn1)c1cccc(Cl)c1.